The van der Waals surface area contributed by atoms with Gasteiger partial charge in [0.2, 0.25) is 5.91 Å². The van der Waals surface area contributed by atoms with E-state index in [0.29, 0.717) is 25.6 Å². The SMILES string of the molecule is CC(=O)N(C)Cc1cc2nc(-c3cccc4[nH]ncc34)nc(N3CCOCC3)c2s1. The molecule has 1 saturated heterocycles. The summed E-state index contributed by atoms with van der Waals surface area (Å²) >= 11 is 1.65. The zero-order valence-electron chi connectivity index (χ0n) is 16.9. The second kappa shape index (κ2) is 7.66. The Morgan fingerprint density at radius 3 is 2.93 bits per heavy atom. The second-order valence-corrected chi connectivity index (χ2v) is 8.55. The van der Waals surface area contributed by atoms with Crippen LogP contribution >= 0.6 is 11.3 Å². The summed E-state index contributed by atoms with van der Waals surface area (Å²) in [7, 11) is 1.81. The number of carbonyl (C=O) groups is 1. The van der Waals surface area contributed by atoms with Gasteiger partial charge >= 0.3 is 0 Å². The number of rotatable bonds is 4. The van der Waals surface area contributed by atoms with Crippen LogP contribution in [0.25, 0.3) is 32.5 Å². The number of nitrogens with zero attached hydrogens (tertiary/aromatic N) is 5. The van der Waals surface area contributed by atoms with E-state index in [0.717, 1.165) is 50.5 Å². The van der Waals surface area contributed by atoms with E-state index in [4.69, 9.17) is 14.7 Å². The Hall–Kier alpha value is -3.04. The minimum atomic E-state index is 0.0410. The summed E-state index contributed by atoms with van der Waals surface area (Å²) in [5.74, 6) is 1.65. The van der Waals surface area contributed by atoms with E-state index < -0.39 is 0 Å². The van der Waals surface area contributed by atoms with Crippen molar-refractivity contribution in [2.24, 2.45) is 0 Å². The molecular weight excluding hydrogens is 400 g/mol. The Kier molecular flexibility index (Phi) is 4.84. The third-order valence-corrected chi connectivity index (χ3v) is 6.48. The standard InChI is InChI=1S/C21H22N6O2S/c1-13(28)26(2)12-14-10-18-19(30-14)21(27-6-8-29-9-7-27)24-20(23-18)15-4-3-5-17-16(15)11-22-25-17/h3-5,10-11H,6-9,12H2,1-2H3,(H,22,25). The number of benzene rings is 1. The molecular formula is C21H22N6O2S. The Balaban J connectivity index is 1.66. The molecule has 5 rings (SSSR count). The lowest BCUT2D eigenvalue weighted by atomic mass is 10.1. The number of anilines is 1. The summed E-state index contributed by atoms with van der Waals surface area (Å²) in [5.41, 5.74) is 2.81. The van der Waals surface area contributed by atoms with Gasteiger partial charge in [-0.05, 0) is 12.1 Å². The van der Waals surface area contributed by atoms with E-state index in [-0.39, 0.29) is 5.91 Å². The average molecular weight is 423 g/mol. The maximum Gasteiger partial charge on any atom is 0.219 e. The van der Waals surface area contributed by atoms with Crippen molar-refractivity contribution in [2.75, 3.05) is 38.3 Å². The highest BCUT2D eigenvalue weighted by molar-refractivity contribution is 7.19. The van der Waals surface area contributed by atoms with Crippen LogP contribution in [-0.4, -0.2) is 64.3 Å². The highest BCUT2D eigenvalue weighted by Crippen LogP contribution is 2.36. The molecule has 4 heterocycles. The maximum absolute atomic E-state index is 11.7. The maximum atomic E-state index is 11.7. The minimum Gasteiger partial charge on any atom is -0.378 e. The van der Waals surface area contributed by atoms with Gasteiger partial charge in [0.1, 0.15) is 0 Å². The number of amides is 1. The van der Waals surface area contributed by atoms with E-state index in [2.05, 4.69) is 21.2 Å². The molecule has 0 bridgehead atoms. The molecule has 0 unspecified atom stereocenters. The lowest BCUT2D eigenvalue weighted by Crippen LogP contribution is -2.36. The molecule has 154 valence electrons. The molecule has 9 heteroatoms. The molecule has 0 radical (unpaired) electrons. The first-order valence-corrected chi connectivity index (χ1v) is 10.7. The largest absolute Gasteiger partial charge is 0.378 e. The van der Waals surface area contributed by atoms with Gasteiger partial charge in [0, 0.05) is 42.9 Å². The minimum absolute atomic E-state index is 0.0410. The van der Waals surface area contributed by atoms with Gasteiger partial charge in [-0.25, -0.2) is 9.97 Å². The fourth-order valence-electron chi connectivity index (χ4n) is 3.66. The highest BCUT2D eigenvalue weighted by atomic mass is 32.1. The third-order valence-electron chi connectivity index (χ3n) is 5.37. The first kappa shape index (κ1) is 19.0. The Morgan fingerprint density at radius 2 is 2.13 bits per heavy atom. The summed E-state index contributed by atoms with van der Waals surface area (Å²) in [6.07, 6.45) is 1.81. The van der Waals surface area contributed by atoms with Gasteiger partial charge in [0.25, 0.3) is 0 Å². The first-order chi connectivity index (χ1) is 14.6. The van der Waals surface area contributed by atoms with Crippen LogP contribution < -0.4 is 4.90 Å². The molecule has 0 aliphatic carbocycles. The molecule has 1 aliphatic rings. The summed E-state index contributed by atoms with van der Waals surface area (Å²) in [4.78, 5) is 26.6. The fourth-order valence-corrected chi connectivity index (χ4v) is 4.83. The number of fused-ring (bicyclic) bond motifs is 2. The van der Waals surface area contributed by atoms with Crippen molar-refractivity contribution >= 4 is 44.2 Å². The number of hydrogen-bond acceptors (Lipinski definition) is 7. The van der Waals surface area contributed by atoms with Crippen molar-refractivity contribution in [1.29, 1.82) is 0 Å². The molecule has 0 saturated carbocycles. The van der Waals surface area contributed by atoms with Crippen LogP contribution in [0, 0.1) is 0 Å². The average Bonchev–Trinajstić information content (AvgIpc) is 3.39. The Morgan fingerprint density at radius 1 is 1.30 bits per heavy atom. The van der Waals surface area contributed by atoms with E-state index >= 15 is 0 Å². The summed E-state index contributed by atoms with van der Waals surface area (Å²) < 4.78 is 6.59. The third kappa shape index (κ3) is 3.40. The van der Waals surface area contributed by atoms with Crippen molar-refractivity contribution in [3.8, 4) is 11.4 Å². The number of carbonyl (C=O) groups excluding carboxylic acids is 1. The zero-order valence-corrected chi connectivity index (χ0v) is 17.7. The van der Waals surface area contributed by atoms with Crippen LogP contribution in [0.2, 0.25) is 0 Å². The normalized spacial score (nSPS) is 14.5. The number of thiophene rings is 1. The van der Waals surface area contributed by atoms with Crippen molar-refractivity contribution in [3.05, 3.63) is 35.3 Å². The molecule has 0 spiro atoms. The van der Waals surface area contributed by atoms with Crippen LogP contribution in [0.5, 0.6) is 0 Å². The number of H-pyrrole nitrogens is 1. The molecule has 1 fully saturated rings. The molecule has 3 aromatic heterocycles. The molecule has 1 aliphatic heterocycles. The van der Waals surface area contributed by atoms with Gasteiger partial charge in [-0.3, -0.25) is 9.89 Å². The number of ether oxygens (including phenoxy) is 1. The van der Waals surface area contributed by atoms with Crippen molar-refractivity contribution < 1.29 is 9.53 Å². The van der Waals surface area contributed by atoms with Gasteiger partial charge in [-0.2, -0.15) is 5.10 Å². The fraction of sp³-hybridized carbons (Fsp3) is 0.333. The van der Waals surface area contributed by atoms with E-state index in [1.807, 2.05) is 31.4 Å². The quantitative estimate of drug-likeness (QED) is 0.544. The number of aromatic nitrogens is 4. The number of nitrogens with one attached hydrogen (secondary N) is 1. The van der Waals surface area contributed by atoms with Crippen LogP contribution in [0.3, 0.4) is 0 Å². The van der Waals surface area contributed by atoms with Gasteiger partial charge in [-0.15, -0.1) is 11.3 Å². The number of aromatic amines is 1. The zero-order chi connectivity index (χ0) is 20.7. The molecule has 0 atom stereocenters. The van der Waals surface area contributed by atoms with Gasteiger partial charge in [0.15, 0.2) is 11.6 Å². The smallest absolute Gasteiger partial charge is 0.219 e. The number of morpholine rings is 1. The predicted octanol–water partition coefficient (Wildman–Crippen LogP) is 3.05. The summed E-state index contributed by atoms with van der Waals surface area (Å²) in [5, 5.41) is 8.18. The molecule has 1 amide bonds. The molecule has 1 aromatic carbocycles. The van der Waals surface area contributed by atoms with Gasteiger partial charge < -0.3 is 14.5 Å². The van der Waals surface area contributed by atoms with Crippen LogP contribution in [0.1, 0.15) is 11.8 Å². The topological polar surface area (TPSA) is 87.2 Å². The van der Waals surface area contributed by atoms with Crippen LogP contribution in [0.4, 0.5) is 5.82 Å². The first-order valence-electron chi connectivity index (χ1n) is 9.87. The highest BCUT2D eigenvalue weighted by Gasteiger charge is 2.21. The Labute approximate surface area is 177 Å². The van der Waals surface area contributed by atoms with E-state index in [1.54, 1.807) is 23.2 Å². The van der Waals surface area contributed by atoms with Crippen LogP contribution in [0.15, 0.2) is 30.5 Å². The van der Waals surface area contributed by atoms with Gasteiger partial charge in [0.05, 0.1) is 41.7 Å². The van der Waals surface area contributed by atoms with Crippen molar-refractivity contribution in [2.45, 2.75) is 13.5 Å². The lowest BCUT2D eigenvalue weighted by molar-refractivity contribution is -0.128. The van der Waals surface area contributed by atoms with Crippen LogP contribution in [-0.2, 0) is 16.1 Å². The van der Waals surface area contributed by atoms with E-state index in [9.17, 15) is 4.79 Å². The number of hydrogen-bond donors (Lipinski definition) is 1. The summed E-state index contributed by atoms with van der Waals surface area (Å²) in [6.45, 7) is 5.10. The van der Waals surface area contributed by atoms with Crippen molar-refractivity contribution in [1.82, 2.24) is 25.1 Å². The second-order valence-electron chi connectivity index (χ2n) is 7.41. The predicted molar refractivity (Wildman–Crippen MR) is 118 cm³/mol. The molecule has 4 aromatic rings. The van der Waals surface area contributed by atoms with Crippen molar-refractivity contribution in [3.63, 3.8) is 0 Å². The lowest BCUT2D eigenvalue weighted by Gasteiger charge is -2.28. The molecule has 30 heavy (non-hydrogen) atoms. The van der Waals surface area contributed by atoms with E-state index in [1.165, 1.54) is 0 Å². The summed E-state index contributed by atoms with van der Waals surface area (Å²) in [6, 6.07) is 8.08. The molecule has 1 N–H and O–H groups in total. The van der Waals surface area contributed by atoms with Gasteiger partial charge in [-0.1, -0.05) is 12.1 Å². The molecule has 8 nitrogen and oxygen atoms in total. The Bertz CT molecular complexity index is 1230. The monoisotopic (exact) mass is 422 g/mol.